The van der Waals surface area contributed by atoms with E-state index in [2.05, 4.69) is 16.5 Å². The Morgan fingerprint density at radius 1 is 1.43 bits per heavy atom. The van der Waals surface area contributed by atoms with E-state index in [-0.39, 0.29) is 22.6 Å². The number of hydrogen-bond acceptors (Lipinski definition) is 3. The normalized spacial score (nSPS) is 10.4. The van der Waals surface area contributed by atoms with Crippen LogP contribution in [0.4, 0.5) is 0 Å². The zero-order chi connectivity index (χ0) is 17.0. The number of carbonyl (C=O) groups is 1. The van der Waals surface area contributed by atoms with Gasteiger partial charge in [0, 0.05) is 24.5 Å². The summed E-state index contributed by atoms with van der Waals surface area (Å²) in [6.07, 6.45) is 3.30. The molecule has 1 amide bonds. The zero-order valence-corrected chi connectivity index (χ0v) is 14.4. The minimum absolute atomic E-state index is 0.210. The summed E-state index contributed by atoms with van der Waals surface area (Å²) in [6.45, 7) is 6.11. The number of rotatable bonds is 6. The van der Waals surface area contributed by atoms with Crippen molar-refractivity contribution in [3.05, 3.63) is 58.1 Å². The fourth-order valence-electron chi connectivity index (χ4n) is 2.03. The number of aromatic nitrogens is 2. The van der Waals surface area contributed by atoms with E-state index < -0.39 is 0 Å². The van der Waals surface area contributed by atoms with Crippen LogP contribution in [-0.2, 0) is 6.54 Å². The lowest BCUT2D eigenvalue weighted by Gasteiger charge is -2.17. The van der Waals surface area contributed by atoms with Crippen molar-refractivity contribution in [3.8, 4) is 5.75 Å². The highest BCUT2D eigenvalue weighted by molar-refractivity contribution is 6.37. The number of nitrogens with zero attached hydrogens (tertiary/aromatic N) is 2. The van der Waals surface area contributed by atoms with Gasteiger partial charge in [-0.15, -0.1) is 0 Å². The van der Waals surface area contributed by atoms with Crippen molar-refractivity contribution >= 4 is 29.1 Å². The SMILES string of the molecule is C=CCOc1c(Cl)cc(C(=O)N(C)Cc2ncc(C)[nH]2)cc1Cl. The van der Waals surface area contributed by atoms with E-state index >= 15 is 0 Å². The molecule has 0 unspecified atom stereocenters. The van der Waals surface area contributed by atoms with Crippen molar-refractivity contribution < 1.29 is 9.53 Å². The maximum atomic E-state index is 12.5. The van der Waals surface area contributed by atoms with E-state index in [1.807, 2.05) is 6.92 Å². The summed E-state index contributed by atoms with van der Waals surface area (Å²) in [4.78, 5) is 21.3. The molecule has 0 aliphatic rings. The standard InChI is InChI=1S/C16H17Cl2N3O2/c1-4-5-23-15-12(17)6-11(7-13(15)18)16(22)21(3)9-14-19-8-10(2)20-14/h4,6-8H,1,5,9H2,2-3H3,(H,19,20). The Kier molecular flexibility index (Phi) is 5.69. The topological polar surface area (TPSA) is 58.2 Å². The van der Waals surface area contributed by atoms with Gasteiger partial charge in [-0.3, -0.25) is 4.79 Å². The Balaban J connectivity index is 2.16. The van der Waals surface area contributed by atoms with Gasteiger partial charge in [-0.05, 0) is 19.1 Å². The third-order valence-corrected chi connectivity index (χ3v) is 3.64. The molecule has 23 heavy (non-hydrogen) atoms. The number of imidazole rings is 1. The van der Waals surface area contributed by atoms with Crippen molar-refractivity contribution in [2.75, 3.05) is 13.7 Å². The number of halogens is 2. The maximum absolute atomic E-state index is 12.5. The molecule has 1 heterocycles. The molecule has 5 nitrogen and oxygen atoms in total. The number of H-pyrrole nitrogens is 1. The monoisotopic (exact) mass is 353 g/mol. The van der Waals surface area contributed by atoms with Gasteiger partial charge in [0.2, 0.25) is 0 Å². The van der Waals surface area contributed by atoms with Crippen LogP contribution in [0.2, 0.25) is 10.0 Å². The number of aromatic amines is 1. The number of ether oxygens (including phenoxy) is 1. The van der Waals surface area contributed by atoms with Crippen LogP contribution < -0.4 is 4.74 Å². The lowest BCUT2D eigenvalue weighted by molar-refractivity contribution is 0.0782. The van der Waals surface area contributed by atoms with Crippen LogP contribution in [0.1, 0.15) is 21.9 Å². The minimum atomic E-state index is -0.210. The van der Waals surface area contributed by atoms with Crippen LogP contribution >= 0.6 is 23.2 Å². The van der Waals surface area contributed by atoms with Crippen molar-refractivity contribution in [1.29, 1.82) is 0 Å². The number of hydrogen-bond donors (Lipinski definition) is 1. The molecule has 0 atom stereocenters. The van der Waals surface area contributed by atoms with Crippen molar-refractivity contribution in [1.82, 2.24) is 14.9 Å². The molecule has 0 saturated carbocycles. The van der Waals surface area contributed by atoms with Gasteiger partial charge < -0.3 is 14.6 Å². The van der Waals surface area contributed by atoms with Gasteiger partial charge in [-0.1, -0.05) is 35.9 Å². The smallest absolute Gasteiger partial charge is 0.254 e. The first kappa shape index (κ1) is 17.4. The maximum Gasteiger partial charge on any atom is 0.254 e. The van der Waals surface area contributed by atoms with E-state index in [4.69, 9.17) is 27.9 Å². The van der Waals surface area contributed by atoms with Gasteiger partial charge in [-0.25, -0.2) is 4.98 Å². The van der Waals surface area contributed by atoms with Crippen molar-refractivity contribution in [2.45, 2.75) is 13.5 Å². The average molecular weight is 354 g/mol. The van der Waals surface area contributed by atoms with Crippen molar-refractivity contribution in [2.24, 2.45) is 0 Å². The molecule has 1 aromatic carbocycles. The fraction of sp³-hybridized carbons (Fsp3) is 0.250. The second kappa shape index (κ2) is 7.53. The molecule has 122 valence electrons. The van der Waals surface area contributed by atoms with Crippen LogP contribution in [0.5, 0.6) is 5.75 Å². The van der Waals surface area contributed by atoms with Gasteiger partial charge in [0.25, 0.3) is 5.91 Å². The van der Waals surface area contributed by atoms with Crippen LogP contribution in [0.15, 0.2) is 31.0 Å². The second-order valence-corrected chi connectivity index (χ2v) is 5.86. The Morgan fingerprint density at radius 3 is 2.61 bits per heavy atom. The molecule has 0 aliphatic heterocycles. The summed E-state index contributed by atoms with van der Waals surface area (Å²) in [6, 6.07) is 3.08. The molecule has 7 heteroatoms. The van der Waals surface area contributed by atoms with Crippen molar-refractivity contribution in [3.63, 3.8) is 0 Å². The first-order chi connectivity index (χ1) is 10.9. The quantitative estimate of drug-likeness (QED) is 0.802. The lowest BCUT2D eigenvalue weighted by Crippen LogP contribution is -2.26. The third kappa shape index (κ3) is 4.27. The van der Waals surface area contributed by atoms with Gasteiger partial charge in [0.05, 0.1) is 16.6 Å². The average Bonchev–Trinajstić information content (AvgIpc) is 2.90. The van der Waals surface area contributed by atoms with E-state index in [0.717, 1.165) is 5.69 Å². The molecular weight excluding hydrogens is 337 g/mol. The number of amides is 1. The number of benzene rings is 1. The molecule has 0 saturated heterocycles. The number of nitrogens with one attached hydrogen (secondary N) is 1. The molecule has 2 rings (SSSR count). The summed E-state index contributed by atoms with van der Waals surface area (Å²) < 4.78 is 5.39. The van der Waals surface area contributed by atoms with E-state index in [9.17, 15) is 4.79 Å². The van der Waals surface area contributed by atoms with E-state index in [1.54, 1.807) is 19.3 Å². The molecule has 0 aliphatic carbocycles. The third-order valence-electron chi connectivity index (χ3n) is 3.08. The van der Waals surface area contributed by atoms with Crippen LogP contribution in [0.25, 0.3) is 0 Å². The largest absolute Gasteiger partial charge is 0.486 e. The second-order valence-electron chi connectivity index (χ2n) is 5.04. The minimum Gasteiger partial charge on any atom is -0.486 e. The number of aryl methyl sites for hydroxylation is 1. The molecular formula is C16H17Cl2N3O2. The van der Waals surface area contributed by atoms with E-state index in [0.29, 0.717) is 23.7 Å². The molecule has 0 radical (unpaired) electrons. The lowest BCUT2D eigenvalue weighted by atomic mass is 10.2. The molecule has 1 aromatic heterocycles. The summed E-state index contributed by atoms with van der Waals surface area (Å²) in [7, 11) is 1.68. The summed E-state index contributed by atoms with van der Waals surface area (Å²) in [5, 5.41) is 0.565. The molecule has 0 fully saturated rings. The summed E-state index contributed by atoms with van der Waals surface area (Å²) in [5.74, 6) is 0.841. The first-order valence-electron chi connectivity index (χ1n) is 6.91. The van der Waals surface area contributed by atoms with Crippen LogP contribution in [0.3, 0.4) is 0 Å². The Morgan fingerprint density at radius 2 is 2.09 bits per heavy atom. The Hall–Kier alpha value is -1.98. The first-order valence-corrected chi connectivity index (χ1v) is 7.66. The van der Waals surface area contributed by atoms with Gasteiger partial charge in [0.1, 0.15) is 12.4 Å². The molecule has 1 N–H and O–H groups in total. The predicted molar refractivity (Wildman–Crippen MR) is 91.3 cm³/mol. The van der Waals surface area contributed by atoms with Crippen LogP contribution in [-0.4, -0.2) is 34.4 Å². The zero-order valence-electron chi connectivity index (χ0n) is 12.9. The Bertz CT molecular complexity index is 705. The van der Waals surface area contributed by atoms with E-state index in [1.165, 1.54) is 17.0 Å². The van der Waals surface area contributed by atoms with Gasteiger partial charge in [-0.2, -0.15) is 0 Å². The Labute approximate surface area is 144 Å². The van der Waals surface area contributed by atoms with Crippen LogP contribution in [0, 0.1) is 6.92 Å². The number of carbonyl (C=O) groups excluding carboxylic acids is 1. The summed E-state index contributed by atoms with van der Waals surface area (Å²) in [5.41, 5.74) is 1.33. The van der Waals surface area contributed by atoms with Gasteiger partial charge >= 0.3 is 0 Å². The highest BCUT2D eigenvalue weighted by Crippen LogP contribution is 2.34. The predicted octanol–water partition coefficient (Wildman–Crippen LogP) is 3.86. The highest BCUT2D eigenvalue weighted by atomic mass is 35.5. The molecule has 0 spiro atoms. The summed E-state index contributed by atoms with van der Waals surface area (Å²) >= 11 is 12.3. The van der Waals surface area contributed by atoms with Gasteiger partial charge in [0.15, 0.2) is 5.75 Å². The fourth-order valence-corrected chi connectivity index (χ4v) is 2.62. The highest BCUT2D eigenvalue weighted by Gasteiger charge is 2.18. The molecule has 0 bridgehead atoms. The molecule has 2 aromatic rings.